The molecule has 5 nitrogen and oxygen atoms in total. The van der Waals surface area contributed by atoms with Gasteiger partial charge in [-0.05, 0) is 25.2 Å². The largest absolute Gasteiger partial charge is 0.354 e. The lowest BCUT2D eigenvalue weighted by atomic mass is 9.94. The summed E-state index contributed by atoms with van der Waals surface area (Å²) in [4.78, 5) is 14.7. The molecule has 0 N–H and O–H groups in total. The van der Waals surface area contributed by atoms with Crippen molar-refractivity contribution < 1.29 is 4.39 Å². The van der Waals surface area contributed by atoms with Crippen molar-refractivity contribution in [3.63, 3.8) is 0 Å². The van der Waals surface area contributed by atoms with Gasteiger partial charge in [0, 0.05) is 39.0 Å². The zero-order valence-corrected chi connectivity index (χ0v) is 13.2. The fraction of sp³-hybridized carbons (Fsp3) is 0.562. The van der Waals surface area contributed by atoms with E-state index in [4.69, 9.17) is 0 Å². The Bertz CT molecular complexity index is 639. The minimum Gasteiger partial charge on any atom is -0.354 e. The van der Waals surface area contributed by atoms with E-state index in [0.717, 1.165) is 38.2 Å². The van der Waals surface area contributed by atoms with Crippen LogP contribution in [0.2, 0.25) is 0 Å². The molecule has 1 unspecified atom stereocenters. The topological polar surface area (TPSA) is 46.8 Å². The summed E-state index contributed by atoms with van der Waals surface area (Å²) in [5.74, 6) is 1.76. The first-order valence-electron chi connectivity index (χ1n) is 7.89. The summed E-state index contributed by atoms with van der Waals surface area (Å²) in [5, 5.41) is 0. The number of piperidine rings is 1. The van der Waals surface area contributed by atoms with Gasteiger partial charge in [0.1, 0.15) is 12.2 Å². The summed E-state index contributed by atoms with van der Waals surface area (Å²) < 4.78 is 16.5. The molecule has 0 saturated carbocycles. The third-order valence-corrected chi connectivity index (χ3v) is 4.39. The van der Waals surface area contributed by atoms with Crippen molar-refractivity contribution in [2.45, 2.75) is 32.6 Å². The number of halogens is 1. The van der Waals surface area contributed by atoms with Crippen LogP contribution in [0.4, 0.5) is 10.2 Å². The minimum atomic E-state index is -0.261. The molecule has 0 radical (unpaired) electrons. The van der Waals surface area contributed by atoms with Gasteiger partial charge < -0.3 is 9.47 Å². The van der Waals surface area contributed by atoms with Gasteiger partial charge in [-0.2, -0.15) is 0 Å². The number of imidazole rings is 1. The molecule has 0 aliphatic carbocycles. The third kappa shape index (κ3) is 2.96. The van der Waals surface area contributed by atoms with Crippen LogP contribution in [-0.4, -0.2) is 32.6 Å². The van der Waals surface area contributed by atoms with Crippen molar-refractivity contribution in [1.29, 1.82) is 0 Å². The highest BCUT2D eigenvalue weighted by molar-refractivity contribution is 5.41. The maximum absolute atomic E-state index is 14.4. The molecular formula is C16H22FN5. The molecule has 3 heterocycles. The van der Waals surface area contributed by atoms with Crippen LogP contribution < -0.4 is 4.90 Å². The second-order valence-corrected chi connectivity index (χ2v) is 5.92. The fourth-order valence-corrected chi connectivity index (χ4v) is 3.14. The molecule has 2 aromatic rings. The van der Waals surface area contributed by atoms with Crippen molar-refractivity contribution >= 4 is 5.82 Å². The van der Waals surface area contributed by atoms with Crippen molar-refractivity contribution in [2.24, 2.45) is 13.0 Å². The van der Waals surface area contributed by atoms with E-state index in [1.807, 2.05) is 26.4 Å². The molecular weight excluding hydrogens is 281 g/mol. The van der Waals surface area contributed by atoms with Crippen LogP contribution in [0, 0.1) is 11.7 Å². The Hall–Kier alpha value is -1.98. The first-order chi connectivity index (χ1) is 10.7. The molecule has 0 aromatic carbocycles. The van der Waals surface area contributed by atoms with Gasteiger partial charge in [-0.25, -0.2) is 19.3 Å². The molecule has 1 aliphatic heterocycles. The average molecular weight is 303 g/mol. The second-order valence-electron chi connectivity index (χ2n) is 5.92. The van der Waals surface area contributed by atoms with Gasteiger partial charge in [-0.3, -0.25) is 0 Å². The number of aryl methyl sites for hydroxylation is 2. The maximum Gasteiger partial charge on any atom is 0.187 e. The number of anilines is 1. The lowest BCUT2D eigenvalue weighted by Crippen LogP contribution is -2.37. The lowest BCUT2D eigenvalue weighted by Gasteiger charge is -2.33. The summed E-state index contributed by atoms with van der Waals surface area (Å²) in [6.07, 6.45) is 8.98. The lowest BCUT2D eigenvalue weighted by molar-refractivity contribution is 0.397. The summed E-state index contributed by atoms with van der Waals surface area (Å²) in [5.41, 5.74) is 0.497. The highest BCUT2D eigenvalue weighted by atomic mass is 19.1. The molecule has 1 saturated heterocycles. The molecule has 3 rings (SSSR count). The van der Waals surface area contributed by atoms with Crippen LogP contribution in [0.15, 0.2) is 18.7 Å². The van der Waals surface area contributed by atoms with Crippen LogP contribution in [0.3, 0.4) is 0 Å². The molecule has 1 fully saturated rings. The first-order valence-corrected chi connectivity index (χ1v) is 7.89. The van der Waals surface area contributed by atoms with E-state index in [-0.39, 0.29) is 5.82 Å². The Morgan fingerprint density at radius 3 is 2.91 bits per heavy atom. The van der Waals surface area contributed by atoms with Crippen LogP contribution in [0.5, 0.6) is 0 Å². The molecule has 0 bridgehead atoms. The molecule has 0 spiro atoms. The van der Waals surface area contributed by atoms with Crippen molar-refractivity contribution in [1.82, 2.24) is 19.5 Å². The van der Waals surface area contributed by atoms with E-state index in [2.05, 4.69) is 24.4 Å². The number of hydrogen-bond acceptors (Lipinski definition) is 4. The van der Waals surface area contributed by atoms with E-state index >= 15 is 0 Å². The predicted molar refractivity (Wildman–Crippen MR) is 83.2 cm³/mol. The number of nitrogens with zero attached hydrogens (tertiary/aromatic N) is 5. The summed E-state index contributed by atoms with van der Waals surface area (Å²) in [6, 6.07) is 0. The molecule has 22 heavy (non-hydrogen) atoms. The molecule has 2 aromatic heterocycles. The van der Waals surface area contributed by atoms with Crippen LogP contribution in [-0.2, 0) is 19.9 Å². The van der Waals surface area contributed by atoms with E-state index in [1.165, 1.54) is 6.33 Å². The molecule has 1 atom stereocenters. The Morgan fingerprint density at radius 2 is 2.18 bits per heavy atom. The van der Waals surface area contributed by atoms with E-state index in [9.17, 15) is 4.39 Å². The Labute approximate surface area is 130 Å². The van der Waals surface area contributed by atoms with Gasteiger partial charge in [-0.1, -0.05) is 6.92 Å². The van der Waals surface area contributed by atoms with Crippen molar-refractivity contribution in [3.05, 3.63) is 36.1 Å². The van der Waals surface area contributed by atoms with Crippen LogP contribution in [0.25, 0.3) is 0 Å². The van der Waals surface area contributed by atoms with Gasteiger partial charge in [0.05, 0.1) is 5.69 Å². The number of rotatable bonds is 4. The first kappa shape index (κ1) is 14.9. The monoisotopic (exact) mass is 303 g/mol. The standard InChI is InChI=1S/C16H22FN5/c1-3-13-15(17)16(20-11-19-13)22-7-4-5-12(10-22)9-14-18-6-8-21(14)2/h6,8,11-12H,3-5,7,9-10H2,1-2H3. The summed E-state index contributed by atoms with van der Waals surface area (Å²) in [7, 11) is 2.01. The Balaban J connectivity index is 1.74. The highest BCUT2D eigenvalue weighted by Crippen LogP contribution is 2.26. The van der Waals surface area contributed by atoms with Gasteiger partial charge >= 0.3 is 0 Å². The van der Waals surface area contributed by atoms with E-state index < -0.39 is 0 Å². The Morgan fingerprint density at radius 1 is 1.32 bits per heavy atom. The predicted octanol–water partition coefficient (Wildman–Crippen LogP) is 2.37. The Kier molecular flexibility index (Phi) is 4.36. The molecule has 0 amide bonds. The minimum absolute atomic E-state index is 0.261. The van der Waals surface area contributed by atoms with Gasteiger partial charge in [0.15, 0.2) is 11.6 Å². The van der Waals surface area contributed by atoms with Crippen molar-refractivity contribution in [3.8, 4) is 0 Å². The van der Waals surface area contributed by atoms with E-state index in [0.29, 0.717) is 23.9 Å². The maximum atomic E-state index is 14.4. The van der Waals surface area contributed by atoms with Crippen LogP contribution in [0.1, 0.15) is 31.3 Å². The number of aromatic nitrogens is 4. The van der Waals surface area contributed by atoms with Gasteiger partial charge in [0.2, 0.25) is 0 Å². The normalized spacial score (nSPS) is 18.7. The SMILES string of the molecule is CCc1ncnc(N2CCCC(Cc3nccn3C)C2)c1F. The third-order valence-electron chi connectivity index (χ3n) is 4.39. The van der Waals surface area contributed by atoms with Gasteiger partial charge in [0.25, 0.3) is 0 Å². The van der Waals surface area contributed by atoms with Crippen LogP contribution >= 0.6 is 0 Å². The zero-order valence-electron chi connectivity index (χ0n) is 13.2. The zero-order chi connectivity index (χ0) is 15.5. The fourth-order valence-electron chi connectivity index (χ4n) is 3.14. The smallest absolute Gasteiger partial charge is 0.187 e. The quantitative estimate of drug-likeness (QED) is 0.870. The molecule has 1 aliphatic rings. The molecule has 6 heteroatoms. The highest BCUT2D eigenvalue weighted by Gasteiger charge is 2.25. The van der Waals surface area contributed by atoms with Crippen molar-refractivity contribution in [2.75, 3.05) is 18.0 Å². The summed E-state index contributed by atoms with van der Waals surface area (Å²) in [6.45, 7) is 3.59. The van der Waals surface area contributed by atoms with E-state index in [1.54, 1.807) is 0 Å². The second kappa shape index (κ2) is 6.42. The van der Waals surface area contributed by atoms with Gasteiger partial charge in [-0.15, -0.1) is 0 Å². The number of hydrogen-bond donors (Lipinski definition) is 0. The summed E-state index contributed by atoms with van der Waals surface area (Å²) >= 11 is 0. The average Bonchev–Trinajstić information content (AvgIpc) is 2.93. The molecule has 118 valence electrons.